The number of ether oxygens (including phenoxy) is 2. The number of alkyl halides is 3. The van der Waals surface area contributed by atoms with E-state index in [0.717, 1.165) is 29.0 Å². The lowest BCUT2D eigenvalue weighted by Crippen LogP contribution is -2.04. The number of halogens is 3. The van der Waals surface area contributed by atoms with E-state index in [0.29, 0.717) is 29.2 Å². The highest BCUT2D eigenvalue weighted by Crippen LogP contribution is 2.36. The van der Waals surface area contributed by atoms with E-state index in [4.69, 9.17) is 9.47 Å². The highest BCUT2D eigenvalue weighted by atomic mass is 19.4. The zero-order chi connectivity index (χ0) is 19.0. The fraction of sp³-hybridized carbons (Fsp3) is 0.200. The molecule has 27 heavy (non-hydrogen) atoms. The number of benzene rings is 2. The Morgan fingerprint density at radius 2 is 1.67 bits per heavy atom. The summed E-state index contributed by atoms with van der Waals surface area (Å²) in [6.45, 7) is 2.07. The first-order valence-corrected chi connectivity index (χ1v) is 8.29. The molecule has 0 aromatic heterocycles. The van der Waals surface area contributed by atoms with Crippen LogP contribution in [0.4, 0.5) is 13.2 Å². The molecule has 0 saturated heterocycles. The van der Waals surface area contributed by atoms with Gasteiger partial charge in [0, 0.05) is 17.7 Å². The second-order valence-electron chi connectivity index (χ2n) is 6.31. The molecule has 2 aromatic rings. The molecule has 7 heteroatoms. The minimum absolute atomic E-state index is 0.180. The normalized spacial score (nSPS) is 16.0. The van der Waals surface area contributed by atoms with Crippen molar-refractivity contribution >= 4 is 17.5 Å². The van der Waals surface area contributed by atoms with Crippen molar-refractivity contribution in [2.45, 2.75) is 19.5 Å². The van der Waals surface area contributed by atoms with Crippen LogP contribution in [-0.2, 0) is 12.6 Å². The van der Waals surface area contributed by atoms with Crippen LogP contribution in [0.5, 0.6) is 11.5 Å². The highest BCUT2D eigenvalue weighted by Gasteiger charge is 2.29. The SMILES string of the molecule is CC1=NN=C(/C=C/c2ccc(C(F)(F)F)cc2)c2cc3c(cc2C1)OCO3. The zero-order valence-corrected chi connectivity index (χ0v) is 14.4. The van der Waals surface area contributed by atoms with Crippen LogP contribution in [0, 0.1) is 0 Å². The zero-order valence-electron chi connectivity index (χ0n) is 14.4. The summed E-state index contributed by atoms with van der Waals surface area (Å²) in [5, 5.41) is 8.49. The van der Waals surface area contributed by atoms with Crippen LogP contribution in [0.3, 0.4) is 0 Å². The monoisotopic (exact) mass is 372 g/mol. The Kier molecular flexibility index (Phi) is 4.22. The topological polar surface area (TPSA) is 43.2 Å². The van der Waals surface area contributed by atoms with Crippen LogP contribution >= 0.6 is 0 Å². The number of hydrogen-bond donors (Lipinski definition) is 0. The highest BCUT2D eigenvalue weighted by molar-refractivity contribution is 6.13. The number of fused-ring (bicyclic) bond motifs is 2. The summed E-state index contributed by atoms with van der Waals surface area (Å²) in [5.74, 6) is 1.33. The van der Waals surface area contributed by atoms with Crippen molar-refractivity contribution in [2.75, 3.05) is 6.79 Å². The van der Waals surface area contributed by atoms with E-state index in [1.807, 2.05) is 19.1 Å². The lowest BCUT2D eigenvalue weighted by atomic mass is 9.97. The van der Waals surface area contributed by atoms with E-state index in [9.17, 15) is 13.2 Å². The molecule has 2 aliphatic heterocycles. The first-order chi connectivity index (χ1) is 12.9. The van der Waals surface area contributed by atoms with Gasteiger partial charge in [0.2, 0.25) is 6.79 Å². The molecule has 0 amide bonds. The summed E-state index contributed by atoms with van der Waals surface area (Å²) in [6.07, 6.45) is -0.260. The van der Waals surface area contributed by atoms with Crippen molar-refractivity contribution in [3.05, 3.63) is 64.7 Å². The summed E-state index contributed by atoms with van der Waals surface area (Å²) in [7, 11) is 0. The molecule has 4 rings (SSSR count). The Labute approximate surface area is 153 Å². The largest absolute Gasteiger partial charge is 0.454 e. The van der Waals surface area contributed by atoms with Crippen LogP contribution < -0.4 is 9.47 Å². The Hall–Kier alpha value is -3.09. The third-order valence-corrected chi connectivity index (χ3v) is 4.32. The van der Waals surface area contributed by atoms with Gasteiger partial charge in [-0.1, -0.05) is 18.2 Å². The first-order valence-electron chi connectivity index (χ1n) is 8.29. The van der Waals surface area contributed by atoms with E-state index in [1.54, 1.807) is 12.2 Å². The second-order valence-corrected chi connectivity index (χ2v) is 6.31. The van der Waals surface area contributed by atoms with Gasteiger partial charge < -0.3 is 9.47 Å². The minimum atomic E-state index is -4.35. The van der Waals surface area contributed by atoms with Gasteiger partial charge in [0.15, 0.2) is 11.5 Å². The van der Waals surface area contributed by atoms with E-state index in [2.05, 4.69) is 10.2 Å². The lowest BCUT2D eigenvalue weighted by molar-refractivity contribution is -0.137. The molecule has 0 N–H and O–H groups in total. The van der Waals surface area contributed by atoms with E-state index >= 15 is 0 Å². The van der Waals surface area contributed by atoms with Gasteiger partial charge in [-0.3, -0.25) is 0 Å². The van der Waals surface area contributed by atoms with Gasteiger partial charge in [-0.25, -0.2) is 0 Å². The van der Waals surface area contributed by atoms with Crippen LogP contribution in [0.2, 0.25) is 0 Å². The fourth-order valence-electron chi connectivity index (χ4n) is 2.95. The van der Waals surface area contributed by atoms with Crippen LogP contribution in [-0.4, -0.2) is 18.2 Å². The molecule has 0 bridgehead atoms. The molecule has 0 spiro atoms. The standard InChI is InChI=1S/C20H15F3N2O2/c1-12-8-14-9-18-19(27-11-26-18)10-16(14)17(25-24-12)7-4-13-2-5-15(6-3-13)20(21,22)23/h2-7,9-10H,8,11H2,1H3/b7-4+. The Morgan fingerprint density at radius 1 is 0.963 bits per heavy atom. The van der Waals surface area contributed by atoms with E-state index in [-0.39, 0.29) is 6.79 Å². The van der Waals surface area contributed by atoms with Crippen molar-refractivity contribution in [1.82, 2.24) is 0 Å². The van der Waals surface area contributed by atoms with Gasteiger partial charge in [0.05, 0.1) is 11.3 Å². The minimum Gasteiger partial charge on any atom is -0.454 e. The summed E-state index contributed by atoms with van der Waals surface area (Å²) >= 11 is 0. The van der Waals surface area contributed by atoms with Gasteiger partial charge in [0.25, 0.3) is 0 Å². The number of rotatable bonds is 2. The predicted molar refractivity (Wildman–Crippen MR) is 96.4 cm³/mol. The molecule has 2 aliphatic rings. The van der Waals surface area contributed by atoms with Crippen LogP contribution in [0.1, 0.15) is 29.2 Å². The summed E-state index contributed by atoms with van der Waals surface area (Å²) in [4.78, 5) is 0. The Bertz CT molecular complexity index is 974. The molecular weight excluding hydrogens is 357 g/mol. The van der Waals surface area contributed by atoms with E-state index < -0.39 is 11.7 Å². The van der Waals surface area contributed by atoms with Gasteiger partial charge >= 0.3 is 6.18 Å². The molecule has 0 saturated carbocycles. The molecule has 0 unspecified atom stereocenters. The number of allylic oxidation sites excluding steroid dienone is 1. The summed E-state index contributed by atoms with van der Waals surface area (Å²) < 4.78 is 48.9. The van der Waals surface area contributed by atoms with Crippen LogP contribution in [0.25, 0.3) is 6.08 Å². The number of nitrogens with zero attached hydrogens (tertiary/aromatic N) is 2. The summed E-state index contributed by atoms with van der Waals surface area (Å²) in [6, 6.07) is 8.74. The molecule has 138 valence electrons. The third kappa shape index (κ3) is 3.58. The van der Waals surface area contributed by atoms with Gasteiger partial charge in [-0.2, -0.15) is 23.4 Å². The fourth-order valence-corrected chi connectivity index (χ4v) is 2.95. The van der Waals surface area contributed by atoms with Gasteiger partial charge in [0.1, 0.15) is 0 Å². The maximum atomic E-state index is 12.7. The smallest absolute Gasteiger partial charge is 0.416 e. The molecule has 2 aromatic carbocycles. The molecule has 0 aliphatic carbocycles. The average molecular weight is 372 g/mol. The van der Waals surface area contributed by atoms with Crippen molar-refractivity contribution in [3.63, 3.8) is 0 Å². The molecule has 4 nitrogen and oxygen atoms in total. The summed E-state index contributed by atoms with van der Waals surface area (Å²) in [5.41, 5.74) is 3.30. The Morgan fingerprint density at radius 3 is 2.37 bits per heavy atom. The second kappa shape index (κ2) is 6.57. The number of hydrogen-bond acceptors (Lipinski definition) is 4. The van der Waals surface area contributed by atoms with Crippen LogP contribution in [0.15, 0.2) is 52.7 Å². The maximum absolute atomic E-state index is 12.7. The maximum Gasteiger partial charge on any atom is 0.416 e. The molecule has 0 fully saturated rings. The third-order valence-electron chi connectivity index (χ3n) is 4.32. The molecule has 0 radical (unpaired) electrons. The molecule has 2 heterocycles. The van der Waals surface area contributed by atoms with Crippen molar-refractivity contribution in [3.8, 4) is 11.5 Å². The molecular formula is C20H15F3N2O2. The average Bonchev–Trinajstić information content (AvgIpc) is 3.02. The predicted octanol–water partition coefficient (Wildman–Crippen LogP) is 4.87. The molecule has 0 atom stereocenters. The quantitative estimate of drug-likeness (QED) is 0.755. The van der Waals surface area contributed by atoms with Crippen molar-refractivity contribution in [2.24, 2.45) is 10.2 Å². The van der Waals surface area contributed by atoms with E-state index in [1.165, 1.54) is 12.1 Å². The van der Waals surface area contributed by atoms with Crippen molar-refractivity contribution in [1.29, 1.82) is 0 Å². The Balaban J connectivity index is 1.66. The lowest BCUT2D eigenvalue weighted by Gasteiger charge is -2.08. The van der Waals surface area contributed by atoms with Crippen molar-refractivity contribution < 1.29 is 22.6 Å². The van der Waals surface area contributed by atoms with Gasteiger partial charge in [-0.15, -0.1) is 0 Å². The van der Waals surface area contributed by atoms with Gasteiger partial charge in [-0.05, 0) is 48.4 Å². The first kappa shape index (κ1) is 17.3.